The van der Waals surface area contributed by atoms with Crippen LogP contribution in [0.3, 0.4) is 0 Å². The van der Waals surface area contributed by atoms with E-state index >= 15 is 0 Å². The minimum Gasteiger partial charge on any atom is -0.448 e. The molecule has 1 nitrogen and oxygen atoms in total. The molecular weight excluding hydrogens is 221 g/mol. The molecular formula is C6H5BClF3NS-. The van der Waals surface area contributed by atoms with Crippen molar-refractivity contribution < 1.29 is 12.9 Å². The maximum Gasteiger partial charge on any atom is 0.488 e. The van der Waals surface area contributed by atoms with E-state index in [-0.39, 0.29) is 0 Å². The largest absolute Gasteiger partial charge is 0.488 e. The predicted octanol–water partition coefficient (Wildman–Crippen LogP) is 3.21. The third-order valence-electron chi connectivity index (χ3n) is 1.12. The number of hydrogen-bond donors (Lipinski definition) is 0. The Kier molecular flexibility index (Phi) is 3.50. The first kappa shape index (κ1) is 10.7. The van der Waals surface area contributed by atoms with E-state index in [4.69, 9.17) is 11.6 Å². The average molecular weight is 226 g/mol. The standard InChI is InChI=1S/C6H5BClF3NS/c8-5-1-2-6(12-3-5)13-4-7(9,10)11/h1-3H,4H2/q-1. The molecule has 0 amide bonds. The van der Waals surface area contributed by atoms with Crippen LogP contribution in [0.4, 0.5) is 12.9 Å². The van der Waals surface area contributed by atoms with E-state index in [0.717, 1.165) is 0 Å². The molecule has 1 aromatic rings. The lowest BCUT2D eigenvalue weighted by Gasteiger charge is -2.11. The van der Waals surface area contributed by atoms with Gasteiger partial charge >= 0.3 is 6.98 Å². The van der Waals surface area contributed by atoms with Gasteiger partial charge in [-0.15, -0.1) is 11.8 Å². The number of halogens is 4. The molecule has 0 saturated heterocycles. The van der Waals surface area contributed by atoms with E-state index in [1.807, 2.05) is 0 Å². The summed E-state index contributed by atoms with van der Waals surface area (Å²) in [6, 6.07) is 2.98. The summed E-state index contributed by atoms with van der Waals surface area (Å²) in [5.74, 6) is 0. The van der Waals surface area contributed by atoms with Gasteiger partial charge in [0.15, 0.2) is 0 Å². The zero-order valence-corrected chi connectivity index (χ0v) is 7.96. The minimum absolute atomic E-state index is 0.337. The van der Waals surface area contributed by atoms with Crippen molar-refractivity contribution in [1.82, 2.24) is 4.98 Å². The zero-order valence-electron chi connectivity index (χ0n) is 6.38. The fraction of sp³-hybridized carbons (Fsp3) is 0.167. The number of nitrogens with zero attached hydrogens (tertiary/aromatic N) is 1. The third kappa shape index (κ3) is 4.43. The van der Waals surface area contributed by atoms with Gasteiger partial charge in [-0.1, -0.05) is 11.6 Å². The molecule has 0 aliphatic heterocycles. The number of rotatable bonds is 3. The molecule has 72 valence electrons. The Bertz CT molecular complexity index is 276. The second-order valence-electron chi connectivity index (χ2n) is 2.34. The van der Waals surface area contributed by atoms with Gasteiger partial charge in [-0.05, 0) is 17.8 Å². The Morgan fingerprint density at radius 1 is 1.38 bits per heavy atom. The van der Waals surface area contributed by atoms with Gasteiger partial charge in [0, 0.05) is 6.20 Å². The van der Waals surface area contributed by atoms with Gasteiger partial charge < -0.3 is 12.9 Å². The average Bonchev–Trinajstić information content (AvgIpc) is 2.02. The fourth-order valence-electron chi connectivity index (χ4n) is 0.628. The molecule has 1 rings (SSSR count). The van der Waals surface area contributed by atoms with Crippen LogP contribution in [0.25, 0.3) is 0 Å². The minimum atomic E-state index is -4.75. The molecule has 0 fully saturated rings. The van der Waals surface area contributed by atoms with Crippen LogP contribution in [-0.4, -0.2) is 17.6 Å². The van der Waals surface area contributed by atoms with Crippen molar-refractivity contribution in [2.75, 3.05) is 5.65 Å². The Hall–Kier alpha value is -0.355. The third-order valence-corrected chi connectivity index (χ3v) is 2.43. The van der Waals surface area contributed by atoms with Gasteiger partial charge in [-0.3, -0.25) is 0 Å². The van der Waals surface area contributed by atoms with Crippen LogP contribution in [0.1, 0.15) is 0 Å². The summed E-state index contributed by atoms with van der Waals surface area (Å²) < 4.78 is 35.4. The van der Waals surface area contributed by atoms with E-state index in [1.165, 1.54) is 18.3 Å². The molecule has 0 aromatic carbocycles. The van der Waals surface area contributed by atoms with Crippen molar-refractivity contribution in [1.29, 1.82) is 0 Å². The SMILES string of the molecule is F[B-](F)(F)CSc1ccc(Cl)cn1. The number of hydrogen-bond acceptors (Lipinski definition) is 2. The molecule has 7 heteroatoms. The van der Waals surface area contributed by atoms with E-state index in [1.54, 1.807) is 0 Å². The Morgan fingerprint density at radius 3 is 2.54 bits per heavy atom. The van der Waals surface area contributed by atoms with Crippen LogP contribution in [0, 0.1) is 0 Å². The van der Waals surface area contributed by atoms with Crippen LogP contribution in [0.2, 0.25) is 5.02 Å². The molecule has 0 N–H and O–H groups in total. The second kappa shape index (κ2) is 4.24. The quantitative estimate of drug-likeness (QED) is 0.580. The first-order valence-corrected chi connectivity index (χ1v) is 4.79. The van der Waals surface area contributed by atoms with Gasteiger partial charge in [0.25, 0.3) is 0 Å². The lowest BCUT2D eigenvalue weighted by molar-refractivity contribution is 0.485. The summed E-state index contributed by atoms with van der Waals surface area (Å²) in [6.07, 6.45) is 1.33. The summed E-state index contributed by atoms with van der Waals surface area (Å²) in [7, 11) is 0. The van der Waals surface area contributed by atoms with Crippen molar-refractivity contribution in [3.63, 3.8) is 0 Å². The zero-order chi connectivity index (χ0) is 9.90. The number of pyridine rings is 1. The molecule has 1 aromatic heterocycles. The van der Waals surface area contributed by atoms with E-state index < -0.39 is 12.6 Å². The van der Waals surface area contributed by atoms with Gasteiger partial charge in [0.2, 0.25) is 0 Å². The maximum atomic E-state index is 11.8. The van der Waals surface area contributed by atoms with Crippen molar-refractivity contribution in [3.8, 4) is 0 Å². The van der Waals surface area contributed by atoms with Crippen molar-refractivity contribution >= 4 is 30.3 Å². The van der Waals surface area contributed by atoms with Gasteiger partial charge in [0.1, 0.15) is 0 Å². The molecule has 13 heavy (non-hydrogen) atoms. The smallest absolute Gasteiger partial charge is 0.448 e. The van der Waals surface area contributed by atoms with Crippen LogP contribution >= 0.6 is 23.4 Å². The summed E-state index contributed by atoms with van der Waals surface area (Å²) in [5.41, 5.74) is -0.866. The lowest BCUT2D eigenvalue weighted by Crippen LogP contribution is -2.18. The van der Waals surface area contributed by atoms with Gasteiger partial charge in [0.05, 0.1) is 10.0 Å². The topological polar surface area (TPSA) is 12.9 Å². The summed E-state index contributed by atoms with van der Waals surface area (Å²) in [4.78, 5) is 3.72. The monoisotopic (exact) mass is 226 g/mol. The summed E-state index contributed by atoms with van der Waals surface area (Å²) in [6.45, 7) is -4.75. The van der Waals surface area contributed by atoms with Crippen molar-refractivity contribution in [3.05, 3.63) is 23.4 Å². The summed E-state index contributed by atoms with van der Waals surface area (Å²) >= 11 is 6.18. The molecule has 0 aliphatic carbocycles. The van der Waals surface area contributed by atoms with E-state index in [9.17, 15) is 12.9 Å². The van der Waals surface area contributed by atoms with Gasteiger partial charge in [-0.25, -0.2) is 4.98 Å². The van der Waals surface area contributed by atoms with E-state index in [0.29, 0.717) is 21.8 Å². The highest BCUT2D eigenvalue weighted by Gasteiger charge is 2.22. The second-order valence-corrected chi connectivity index (χ2v) is 3.81. The molecule has 0 unspecified atom stereocenters. The number of thioether (sulfide) groups is 1. The number of aromatic nitrogens is 1. The highest BCUT2D eigenvalue weighted by atomic mass is 35.5. The maximum absolute atomic E-state index is 11.8. The molecule has 0 spiro atoms. The normalized spacial score (nSPS) is 11.7. The Labute approximate surface area is 82.7 Å². The Morgan fingerprint density at radius 2 is 2.08 bits per heavy atom. The first-order valence-electron chi connectivity index (χ1n) is 3.43. The molecule has 0 radical (unpaired) electrons. The fourth-order valence-corrected chi connectivity index (χ4v) is 1.39. The van der Waals surface area contributed by atoms with Crippen LogP contribution in [0.15, 0.2) is 23.4 Å². The molecule has 0 atom stereocenters. The van der Waals surface area contributed by atoms with Crippen molar-refractivity contribution in [2.24, 2.45) is 0 Å². The highest BCUT2D eigenvalue weighted by Crippen LogP contribution is 2.23. The van der Waals surface area contributed by atoms with Crippen LogP contribution in [0.5, 0.6) is 0 Å². The van der Waals surface area contributed by atoms with Crippen LogP contribution < -0.4 is 0 Å². The van der Waals surface area contributed by atoms with Gasteiger partial charge in [-0.2, -0.15) is 0 Å². The molecule has 0 saturated carbocycles. The summed E-state index contributed by atoms with van der Waals surface area (Å²) in [5, 5.41) is 0.755. The Balaban J connectivity index is 2.51. The molecule has 0 aliphatic rings. The van der Waals surface area contributed by atoms with Crippen molar-refractivity contribution in [2.45, 2.75) is 5.03 Å². The predicted molar refractivity (Wildman–Crippen MR) is 49.0 cm³/mol. The molecule has 1 heterocycles. The first-order chi connectivity index (χ1) is 5.97. The lowest BCUT2D eigenvalue weighted by atomic mass is 9.98. The van der Waals surface area contributed by atoms with E-state index in [2.05, 4.69) is 4.98 Å². The molecule has 0 bridgehead atoms. The highest BCUT2D eigenvalue weighted by molar-refractivity contribution is 8.00. The van der Waals surface area contributed by atoms with Crippen LogP contribution in [-0.2, 0) is 0 Å².